The second kappa shape index (κ2) is 8.82. The molecule has 0 fully saturated rings. The summed E-state index contributed by atoms with van der Waals surface area (Å²) in [6.07, 6.45) is 2.07. The monoisotopic (exact) mass is 158 g/mol. The van der Waals surface area contributed by atoms with Crippen LogP contribution in [0.5, 0.6) is 0 Å². The van der Waals surface area contributed by atoms with Crippen molar-refractivity contribution in [1.82, 2.24) is 0 Å². The zero-order valence-electron chi connectivity index (χ0n) is 6.89. The van der Waals surface area contributed by atoms with Crippen LogP contribution < -0.4 is 29.6 Å². The van der Waals surface area contributed by atoms with E-state index in [1.807, 2.05) is 6.92 Å². The van der Waals surface area contributed by atoms with E-state index in [0.29, 0.717) is 0 Å². The van der Waals surface area contributed by atoms with Crippen LogP contribution in [0.1, 0.15) is 21.2 Å². The molecule has 0 aromatic carbocycles. The summed E-state index contributed by atoms with van der Waals surface area (Å²) in [5, 5.41) is 7.34. The minimum atomic E-state index is -0.765. The number of hydrogen-bond donors (Lipinski definition) is 1. The summed E-state index contributed by atoms with van der Waals surface area (Å²) in [7, 11) is 0. The van der Waals surface area contributed by atoms with Gasteiger partial charge >= 0.3 is 34.9 Å². The van der Waals surface area contributed by atoms with Crippen molar-refractivity contribution in [2.24, 2.45) is 0 Å². The fraction of sp³-hybridized carbons (Fsp3) is 0.800. The van der Waals surface area contributed by atoms with Crippen molar-refractivity contribution in [2.45, 2.75) is 19.8 Å². The van der Waals surface area contributed by atoms with Crippen molar-refractivity contribution in [3.63, 3.8) is 0 Å². The van der Waals surface area contributed by atoms with Gasteiger partial charge in [0.15, 0.2) is 0 Å². The van der Waals surface area contributed by atoms with E-state index in [4.69, 9.17) is 5.11 Å². The maximum Gasteiger partial charge on any atom is 1.00 e. The topological polar surface area (TPSA) is 37.3 Å². The standard InChI is InChI=1S/C5H10O2S.Na.H/c1-2-3-4-8-5(6)7;;/h2-4H2,1H3,(H,6,7);;/q;+1;-1. The van der Waals surface area contributed by atoms with Crippen molar-refractivity contribution in [1.29, 1.82) is 0 Å². The van der Waals surface area contributed by atoms with Crippen molar-refractivity contribution >= 4 is 17.1 Å². The molecule has 0 aromatic heterocycles. The minimum absolute atomic E-state index is 0. The molecule has 2 nitrogen and oxygen atoms in total. The van der Waals surface area contributed by atoms with Crippen molar-refractivity contribution in [2.75, 3.05) is 5.75 Å². The molecule has 0 aliphatic heterocycles. The average molecular weight is 158 g/mol. The van der Waals surface area contributed by atoms with Gasteiger partial charge < -0.3 is 6.53 Å². The Balaban J connectivity index is -0.000000245. The van der Waals surface area contributed by atoms with Gasteiger partial charge in [0.05, 0.1) is 0 Å². The molecule has 0 unspecified atom stereocenters. The van der Waals surface area contributed by atoms with Crippen LogP contribution in [-0.2, 0) is 0 Å². The zero-order chi connectivity index (χ0) is 6.41. The summed E-state index contributed by atoms with van der Waals surface area (Å²) in [6.45, 7) is 2.04. The number of unbranched alkanes of at least 4 members (excludes halogenated alkanes) is 1. The molecule has 0 saturated carbocycles. The Hall–Kier alpha value is 0.820. The first-order valence-corrected chi connectivity index (χ1v) is 3.61. The molecule has 1 N–H and O–H groups in total. The quantitative estimate of drug-likeness (QED) is 0.436. The van der Waals surface area contributed by atoms with Crippen molar-refractivity contribution < 1.29 is 40.9 Å². The van der Waals surface area contributed by atoms with E-state index in [9.17, 15) is 4.79 Å². The number of thioether (sulfide) groups is 1. The van der Waals surface area contributed by atoms with E-state index in [-0.39, 0.29) is 31.0 Å². The number of carboxylic acid groups (broad SMARTS) is 1. The van der Waals surface area contributed by atoms with Gasteiger partial charge in [-0.2, -0.15) is 0 Å². The minimum Gasteiger partial charge on any atom is -1.00 e. The second-order valence-corrected chi connectivity index (χ2v) is 2.51. The summed E-state index contributed by atoms with van der Waals surface area (Å²) in [5.41, 5.74) is 0. The maximum absolute atomic E-state index is 9.84. The number of hydrogen-bond acceptors (Lipinski definition) is 2. The molecule has 0 aliphatic rings. The van der Waals surface area contributed by atoms with Gasteiger partial charge in [0.25, 0.3) is 0 Å². The van der Waals surface area contributed by atoms with Crippen LogP contribution in [0.3, 0.4) is 0 Å². The first-order chi connectivity index (χ1) is 3.77. The Labute approximate surface area is 83.2 Å². The van der Waals surface area contributed by atoms with Gasteiger partial charge in [0.1, 0.15) is 0 Å². The van der Waals surface area contributed by atoms with E-state index in [0.717, 1.165) is 30.4 Å². The van der Waals surface area contributed by atoms with E-state index >= 15 is 0 Å². The molecule has 0 saturated heterocycles. The van der Waals surface area contributed by atoms with Gasteiger partial charge in [-0.05, 0) is 18.2 Å². The molecular weight excluding hydrogens is 147 g/mol. The van der Waals surface area contributed by atoms with Gasteiger partial charge in [-0.3, -0.25) is 0 Å². The summed E-state index contributed by atoms with van der Waals surface area (Å²) in [6, 6.07) is 0. The van der Waals surface area contributed by atoms with Gasteiger partial charge in [-0.25, -0.2) is 4.79 Å². The largest absolute Gasteiger partial charge is 1.00 e. The van der Waals surface area contributed by atoms with Crippen LogP contribution >= 0.6 is 11.8 Å². The predicted octanol–water partition coefficient (Wildman–Crippen LogP) is -0.686. The van der Waals surface area contributed by atoms with Crippen LogP contribution in [0.15, 0.2) is 0 Å². The molecule has 0 radical (unpaired) electrons. The molecular formula is C5H11NaO2S. The maximum atomic E-state index is 9.84. The fourth-order valence-electron chi connectivity index (χ4n) is 0.304. The average Bonchev–Trinajstić information content (AvgIpc) is 1.66. The van der Waals surface area contributed by atoms with E-state index in [1.54, 1.807) is 0 Å². The molecule has 0 atom stereocenters. The van der Waals surface area contributed by atoms with Crippen LogP contribution in [0, 0.1) is 0 Å². The third kappa shape index (κ3) is 12.1. The van der Waals surface area contributed by atoms with E-state index < -0.39 is 5.30 Å². The Kier molecular flexibility index (Phi) is 12.2. The van der Waals surface area contributed by atoms with Crippen molar-refractivity contribution in [3.05, 3.63) is 0 Å². The van der Waals surface area contributed by atoms with Gasteiger partial charge in [0, 0.05) is 5.75 Å². The Morgan fingerprint density at radius 3 is 2.67 bits per heavy atom. The molecule has 0 bridgehead atoms. The Morgan fingerprint density at radius 2 is 2.33 bits per heavy atom. The van der Waals surface area contributed by atoms with E-state index in [1.165, 1.54) is 0 Å². The normalized spacial score (nSPS) is 8.11. The summed E-state index contributed by atoms with van der Waals surface area (Å²) >= 11 is 0.972. The van der Waals surface area contributed by atoms with Gasteiger partial charge in [-0.1, -0.05) is 13.3 Å². The summed E-state index contributed by atoms with van der Waals surface area (Å²) in [4.78, 5) is 9.84. The number of rotatable bonds is 3. The van der Waals surface area contributed by atoms with Crippen LogP contribution in [0.25, 0.3) is 0 Å². The predicted molar refractivity (Wildman–Crippen MR) is 36.5 cm³/mol. The smallest absolute Gasteiger partial charge is 1.00 e. The molecule has 0 spiro atoms. The molecule has 0 rings (SSSR count). The first-order valence-electron chi connectivity index (χ1n) is 2.63. The molecule has 0 amide bonds. The fourth-order valence-corrected chi connectivity index (χ4v) is 0.911. The van der Waals surface area contributed by atoms with Gasteiger partial charge in [-0.15, -0.1) is 0 Å². The molecule has 0 aromatic rings. The van der Waals surface area contributed by atoms with Crippen LogP contribution in [0.2, 0.25) is 0 Å². The van der Waals surface area contributed by atoms with E-state index in [2.05, 4.69) is 0 Å². The van der Waals surface area contributed by atoms with Crippen molar-refractivity contribution in [3.8, 4) is 0 Å². The summed E-state index contributed by atoms with van der Waals surface area (Å²) < 4.78 is 0. The van der Waals surface area contributed by atoms with Crippen LogP contribution in [-0.4, -0.2) is 16.2 Å². The number of carbonyl (C=O) groups is 1. The Morgan fingerprint density at radius 1 is 1.78 bits per heavy atom. The molecule has 0 aliphatic carbocycles. The SMILES string of the molecule is CCCCSC(=O)O.[H-].[Na+]. The first kappa shape index (κ1) is 12.5. The zero-order valence-corrected chi connectivity index (χ0v) is 8.70. The van der Waals surface area contributed by atoms with Crippen LogP contribution in [0.4, 0.5) is 4.79 Å². The molecule has 9 heavy (non-hydrogen) atoms. The molecule has 50 valence electrons. The summed E-state index contributed by atoms with van der Waals surface area (Å²) in [5.74, 6) is 0.742. The third-order valence-corrected chi connectivity index (χ3v) is 1.46. The third-order valence-electron chi connectivity index (χ3n) is 0.723. The molecule has 0 heterocycles. The molecule has 4 heteroatoms. The van der Waals surface area contributed by atoms with Gasteiger partial charge in [0.2, 0.25) is 0 Å². The Bertz CT molecular complexity index is 82.0. The second-order valence-electron chi connectivity index (χ2n) is 1.47.